The van der Waals surface area contributed by atoms with Gasteiger partial charge in [0.15, 0.2) is 5.01 Å². The molecule has 1 aliphatic carbocycles. The van der Waals surface area contributed by atoms with E-state index in [1.807, 2.05) is 30.3 Å². The minimum absolute atomic E-state index is 0. The molecule has 2 aliphatic rings. The van der Waals surface area contributed by atoms with Gasteiger partial charge in [-0.3, -0.25) is 14.6 Å². The zero-order valence-corrected chi connectivity index (χ0v) is 23.0. The van der Waals surface area contributed by atoms with Crippen LogP contribution in [0, 0.1) is 0 Å². The van der Waals surface area contributed by atoms with Gasteiger partial charge in [-0.25, -0.2) is 4.98 Å². The molecule has 2 amide bonds. The summed E-state index contributed by atoms with van der Waals surface area (Å²) < 4.78 is 0. The fourth-order valence-electron chi connectivity index (χ4n) is 5.25. The van der Waals surface area contributed by atoms with Crippen LogP contribution in [0.5, 0.6) is 0 Å². The molecule has 3 aromatic heterocycles. The summed E-state index contributed by atoms with van der Waals surface area (Å²) in [6.45, 7) is 1.60. The van der Waals surface area contributed by atoms with E-state index in [-0.39, 0.29) is 36.3 Å². The molecule has 1 aromatic carbocycles. The number of halogens is 2. The Morgan fingerprint density at radius 2 is 1.76 bits per heavy atom. The first-order chi connectivity index (χ1) is 18.0. The van der Waals surface area contributed by atoms with Crippen LogP contribution in [-0.2, 0) is 13.0 Å². The molecule has 3 N–H and O–H groups in total. The van der Waals surface area contributed by atoms with Gasteiger partial charge in [0.05, 0.1) is 12.2 Å². The van der Waals surface area contributed by atoms with Crippen LogP contribution >= 0.6 is 35.3 Å². The number of amides is 2. The van der Waals surface area contributed by atoms with Crippen molar-refractivity contribution in [2.75, 3.05) is 11.4 Å². The lowest BCUT2D eigenvalue weighted by molar-refractivity contribution is 0.0860. The zero-order valence-electron chi connectivity index (χ0n) is 20.6. The predicted octanol–water partition coefficient (Wildman–Crippen LogP) is 5.13. The summed E-state index contributed by atoms with van der Waals surface area (Å²) in [5.41, 5.74) is 3.48. The van der Waals surface area contributed by atoms with E-state index in [2.05, 4.69) is 30.5 Å². The summed E-state index contributed by atoms with van der Waals surface area (Å²) >= 11 is 7.55. The van der Waals surface area contributed by atoms with Gasteiger partial charge < -0.3 is 20.5 Å². The topological polar surface area (TPSA) is 103 Å². The highest BCUT2D eigenvalue weighted by Gasteiger charge is 2.30. The predicted molar refractivity (Wildman–Crippen MR) is 153 cm³/mol. The third kappa shape index (κ3) is 5.50. The van der Waals surface area contributed by atoms with E-state index in [0.29, 0.717) is 15.7 Å². The minimum atomic E-state index is -0.181. The van der Waals surface area contributed by atoms with Crippen LogP contribution in [0.2, 0.25) is 5.02 Å². The number of aromatic nitrogens is 3. The van der Waals surface area contributed by atoms with Crippen molar-refractivity contribution < 1.29 is 9.59 Å². The first-order valence-corrected chi connectivity index (χ1v) is 13.8. The van der Waals surface area contributed by atoms with Crippen LogP contribution < -0.4 is 15.5 Å². The minimum Gasteiger partial charge on any atom is -0.366 e. The molecule has 1 fully saturated rings. The van der Waals surface area contributed by atoms with Gasteiger partial charge in [-0.2, -0.15) is 0 Å². The van der Waals surface area contributed by atoms with Crippen molar-refractivity contribution in [3.8, 4) is 0 Å². The number of nitrogens with zero attached hydrogens (tertiary/aromatic N) is 3. The quantitative estimate of drug-likeness (QED) is 0.308. The summed E-state index contributed by atoms with van der Waals surface area (Å²) in [6, 6.07) is 11.0. The largest absolute Gasteiger partial charge is 0.366 e. The number of anilines is 1. The highest BCUT2D eigenvalue weighted by atomic mass is 35.5. The van der Waals surface area contributed by atoms with Gasteiger partial charge in [0, 0.05) is 63.9 Å². The molecule has 0 unspecified atom stereocenters. The Hall–Kier alpha value is -3.14. The Bertz CT molecular complexity index is 1460. The van der Waals surface area contributed by atoms with E-state index in [1.54, 1.807) is 18.5 Å². The lowest BCUT2D eigenvalue weighted by Gasteiger charge is -2.32. The lowest BCUT2D eigenvalue weighted by atomic mass is 9.90. The number of pyridine rings is 1. The van der Waals surface area contributed by atoms with Crippen LogP contribution in [0.4, 0.5) is 5.69 Å². The van der Waals surface area contributed by atoms with Crippen LogP contribution in [-0.4, -0.2) is 45.4 Å². The first-order valence-electron chi connectivity index (χ1n) is 12.6. The Labute approximate surface area is 235 Å². The first kappa shape index (κ1) is 26.5. The van der Waals surface area contributed by atoms with Crippen molar-refractivity contribution in [3.05, 3.63) is 75.1 Å². The molecule has 4 aromatic rings. The molecular formula is C27H28Cl2N6O2S. The molecule has 4 heterocycles. The third-order valence-corrected chi connectivity index (χ3v) is 8.50. The standard InChI is InChI=1S/C27H27ClN6O2S.ClH/c28-17-5-6-19-16(13-17)14-23(30-19)25(35)31-20-3-1-2-4-21(20)32-26(36)27-33-22-9-12-34(15-24(22)37-27)18-7-10-29-11-8-18;/h5-8,10-11,13-14,20-21,30H,1-4,9,12,15H2,(H,31,35)(H,32,36);1H/t20-,21+;/m0./s1. The van der Waals surface area contributed by atoms with Gasteiger partial charge in [0.1, 0.15) is 5.69 Å². The number of benzene rings is 1. The van der Waals surface area contributed by atoms with Crippen LogP contribution in [0.1, 0.15) is 56.5 Å². The fourth-order valence-corrected chi connectivity index (χ4v) is 6.45. The van der Waals surface area contributed by atoms with Crippen molar-refractivity contribution in [2.24, 2.45) is 0 Å². The maximum absolute atomic E-state index is 13.2. The number of thiazole rings is 1. The maximum atomic E-state index is 13.2. The molecule has 0 saturated heterocycles. The molecule has 0 bridgehead atoms. The van der Waals surface area contributed by atoms with Crippen molar-refractivity contribution >= 4 is 63.7 Å². The van der Waals surface area contributed by atoms with Gasteiger partial charge in [0.2, 0.25) is 0 Å². The van der Waals surface area contributed by atoms with Gasteiger partial charge in [-0.05, 0) is 49.2 Å². The van der Waals surface area contributed by atoms with E-state index in [4.69, 9.17) is 11.6 Å². The number of aromatic amines is 1. The maximum Gasteiger partial charge on any atom is 0.280 e. The average Bonchev–Trinajstić information content (AvgIpc) is 3.54. The molecule has 11 heteroatoms. The van der Waals surface area contributed by atoms with E-state index in [0.717, 1.165) is 72.4 Å². The monoisotopic (exact) mass is 570 g/mol. The fraction of sp³-hybridized carbons (Fsp3) is 0.333. The van der Waals surface area contributed by atoms with Gasteiger partial charge in [0.25, 0.3) is 11.8 Å². The van der Waals surface area contributed by atoms with E-state index < -0.39 is 0 Å². The zero-order chi connectivity index (χ0) is 25.4. The molecular weight excluding hydrogens is 543 g/mol. The summed E-state index contributed by atoms with van der Waals surface area (Å²) in [5.74, 6) is -0.347. The molecule has 38 heavy (non-hydrogen) atoms. The highest BCUT2D eigenvalue weighted by molar-refractivity contribution is 7.13. The second-order valence-electron chi connectivity index (χ2n) is 9.62. The van der Waals surface area contributed by atoms with Crippen molar-refractivity contribution in [1.29, 1.82) is 0 Å². The summed E-state index contributed by atoms with van der Waals surface area (Å²) in [6.07, 6.45) is 8.05. The van der Waals surface area contributed by atoms with Crippen molar-refractivity contribution in [2.45, 2.75) is 50.7 Å². The van der Waals surface area contributed by atoms with E-state index in [1.165, 1.54) is 11.3 Å². The molecule has 2 atom stereocenters. The number of carbonyl (C=O) groups is 2. The van der Waals surface area contributed by atoms with Gasteiger partial charge >= 0.3 is 0 Å². The van der Waals surface area contributed by atoms with E-state index >= 15 is 0 Å². The third-order valence-electron chi connectivity index (χ3n) is 7.18. The summed E-state index contributed by atoms with van der Waals surface area (Å²) in [4.78, 5) is 41.6. The number of H-pyrrole nitrogens is 1. The van der Waals surface area contributed by atoms with Crippen LogP contribution in [0.25, 0.3) is 10.9 Å². The van der Waals surface area contributed by atoms with E-state index in [9.17, 15) is 9.59 Å². The lowest BCUT2D eigenvalue weighted by Crippen LogP contribution is -2.53. The number of hydrogen-bond acceptors (Lipinski definition) is 6. The molecule has 6 rings (SSSR count). The van der Waals surface area contributed by atoms with Gasteiger partial charge in [-0.1, -0.05) is 24.4 Å². The molecule has 8 nitrogen and oxygen atoms in total. The van der Waals surface area contributed by atoms with Crippen LogP contribution in [0.15, 0.2) is 48.8 Å². The molecule has 1 aliphatic heterocycles. The highest BCUT2D eigenvalue weighted by Crippen LogP contribution is 2.29. The summed E-state index contributed by atoms with van der Waals surface area (Å²) in [5, 5.41) is 8.32. The number of hydrogen-bond donors (Lipinski definition) is 3. The number of nitrogens with one attached hydrogen (secondary N) is 3. The SMILES string of the molecule is Cl.O=C(N[C@H]1CCCC[C@H]1NC(=O)c1nc2c(s1)CN(c1ccncc1)CC2)c1cc2cc(Cl)ccc2[nH]1. The number of fused-ring (bicyclic) bond motifs is 2. The second kappa shape index (κ2) is 11.3. The average molecular weight is 572 g/mol. The normalized spacial score (nSPS) is 18.9. The Morgan fingerprint density at radius 1 is 1.03 bits per heavy atom. The smallest absolute Gasteiger partial charge is 0.280 e. The molecule has 0 radical (unpaired) electrons. The number of rotatable bonds is 5. The van der Waals surface area contributed by atoms with Crippen molar-refractivity contribution in [3.63, 3.8) is 0 Å². The second-order valence-corrected chi connectivity index (χ2v) is 11.1. The molecule has 198 valence electrons. The molecule has 0 spiro atoms. The van der Waals surface area contributed by atoms with Gasteiger partial charge in [-0.15, -0.1) is 23.7 Å². The molecule has 1 saturated carbocycles. The number of carbonyl (C=O) groups excluding carboxylic acids is 2. The summed E-state index contributed by atoms with van der Waals surface area (Å²) in [7, 11) is 0. The Kier molecular flexibility index (Phi) is 7.88. The Balaban J connectivity index is 0.00000294. The Morgan fingerprint density at radius 3 is 2.53 bits per heavy atom. The van der Waals surface area contributed by atoms with Crippen LogP contribution in [0.3, 0.4) is 0 Å². The van der Waals surface area contributed by atoms with Crippen molar-refractivity contribution in [1.82, 2.24) is 25.6 Å².